The predicted molar refractivity (Wildman–Crippen MR) is 115 cm³/mol. The van der Waals surface area contributed by atoms with E-state index < -0.39 is 12.1 Å². The third-order valence-corrected chi connectivity index (χ3v) is 5.45. The van der Waals surface area contributed by atoms with E-state index in [1.807, 2.05) is 25.1 Å². The summed E-state index contributed by atoms with van der Waals surface area (Å²) < 4.78 is 0. The van der Waals surface area contributed by atoms with Gasteiger partial charge in [-0.3, -0.25) is 14.9 Å². The summed E-state index contributed by atoms with van der Waals surface area (Å²) in [6.45, 7) is 4.53. The van der Waals surface area contributed by atoms with E-state index in [1.165, 1.54) is 5.56 Å². The zero-order valence-corrected chi connectivity index (χ0v) is 17.0. The molecule has 7 heteroatoms. The number of urea groups is 1. The second-order valence-corrected chi connectivity index (χ2v) is 7.67. The monoisotopic (exact) mass is 404 g/mol. The maximum absolute atomic E-state index is 12.3. The minimum absolute atomic E-state index is 0.159. The van der Waals surface area contributed by atoms with Crippen LogP contribution in [0.3, 0.4) is 0 Å². The number of aryl methyl sites for hydroxylation is 2. The number of aromatic amines is 1. The quantitative estimate of drug-likeness (QED) is 0.475. The van der Waals surface area contributed by atoms with Gasteiger partial charge < -0.3 is 15.6 Å². The zero-order valence-electron chi connectivity index (χ0n) is 17.0. The standard InChI is InChI=1S/C23H24N4O3/c1-13-10-16(12-24-19(28)9-8-18-22(29)27-23(30)25-18)21-17(11-13)14(2)20(26-21)15-6-4-3-5-7-15/h3-7,10-11,18,26H,8-9,12H2,1-2H3,(H,24,28)(H2,25,27,29,30). The SMILES string of the molecule is Cc1cc(CNC(=O)CCC2NC(=O)NC2=O)c2[nH]c(-c3ccccc3)c(C)c2c1. The van der Waals surface area contributed by atoms with E-state index in [0.29, 0.717) is 6.54 Å². The molecule has 0 saturated carbocycles. The van der Waals surface area contributed by atoms with Crippen LogP contribution in [-0.4, -0.2) is 28.9 Å². The van der Waals surface area contributed by atoms with Gasteiger partial charge in [0.2, 0.25) is 5.91 Å². The summed E-state index contributed by atoms with van der Waals surface area (Å²) in [7, 11) is 0. The number of nitrogens with one attached hydrogen (secondary N) is 4. The number of benzene rings is 2. The third kappa shape index (κ3) is 3.91. The number of carbonyl (C=O) groups is 3. The molecule has 2 heterocycles. The highest BCUT2D eigenvalue weighted by atomic mass is 16.2. The Bertz CT molecular complexity index is 1130. The van der Waals surface area contributed by atoms with Gasteiger partial charge in [0.15, 0.2) is 0 Å². The van der Waals surface area contributed by atoms with Crippen LogP contribution in [0.4, 0.5) is 4.79 Å². The number of amides is 4. The Balaban J connectivity index is 1.49. The van der Waals surface area contributed by atoms with Gasteiger partial charge in [0.05, 0.1) is 5.52 Å². The minimum atomic E-state index is -0.645. The number of imide groups is 1. The molecule has 1 fully saturated rings. The van der Waals surface area contributed by atoms with Crippen LogP contribution < -0.4 is 16.0 Å². The molecule has 2 aromatic carbocycles. The van der Waals surface area contributed by atoms with Crippen molar-refractivity contribution >= 4 is 28.7 Å². The Labute approximate surface area is 174 Å². The zero-order chi connectivity index (χ0) is 21.3. The maximum atomic E-state index is 12.3. The van der Waals surface area contributed by atoms with Gasteiger partial charge in [0, 0.05) is 24.0 Å². The summed E-state index contributed by atoms with van der Waals surface area (Å²) in [5, 5.41) is 8.75. The first-order chi connectivity index (χ1) is 14.4. The third-order valence-electron chi connectivity index (χ3n) is 5.45. The van der Waals surface area contributed by atoms with Crippen molar-refractivity contribution in [2.45, 2.75) is 39.3 Å². The van der Waals surface area contributed by atoms with Crippen LogP contribution in [0.25, 0.3) is 22.2 Å². The smallest absolute Gasteiger partial charge is 0.322 e. The summed E-state index contributed by atoms with van der Waals surface area (Å²) in [6.07, 6.45) is 0.429. The maximum Gasteiger partial charge on any atom is 0.322 e. The van der Waals surface area contributed by atoms with Crippen molar-refractivity contribution in [3.05, 3.63) is 59.2 Å². The van der Waals surface area contributed by atoms with E-state index in [0.717, 1.165) is 33.3 Å². The van der Waals surface area contributed by atoms with Gasteiger partial charge in [0.1, 0.15) is 6.04 Å². The Hall–Kier alpha value is -3.61. The van der Waals surface area contributed by atoms with Gasteiger partial charge in [-0.2, -0.15) is 0 Å². The van der Waals surface area contributed by atoms with Crippen molar-refractivity contribution < 1.29 is 14.4 Å². The fourth-order valence-electron chi connectivity index (χ4n) is 3.91. The minimum Gasteiger partial charge on any atom is -0.354 e. The Morgan fingerprint density at radius 2 is 1.87 bits per heavy atom. The fraction of sp³-hybridized carbons (Fsp3) is 0.261. The lowest BCUT2D eigenvalue weighted by Gasteiger charge is -2.10. The lowest BCUT2D eigenvalue weighted by atomic mass is 10.0. The van der Waals surface area contributed by atoms with Crippen molar-refractivity contribution in [2.24, 2.45) is 0 Å². The molecule has 0 bridgehead atoms. The van der Waals surface area contributed by atoms with Crippen LogP contribution >= 0.6 is 0 Å². The number of hydrogen-bond acceptors (Lipinski definition) is 3. The number of carbonyl (C=O) groups excluding carboxylic acids is 3. The molecule has 4 N–H and O–H groups in total. The molecule has 30 heavy (non-hydrogen) atoms. The van der Waals surface area contributed by atoms with E-state index in [2.05, 4.69) is 52.1 Å². The molecule has 4 rings (SSSR count). The van der Waals surface area contributed by atoms with Crippen LogP contribution in [0, 0.1) is 13.8 Å². The van der Waals surface area contributed by atoms with E-state index >= 15 is 0 Å². The average molecular weight is 404 g/mol. The van der Waals surface area contributed by atoms with Crippen LogP contribution in [0.5, 0.6) is 0 Å². The van der Waals surface area contributed by atoms with Crippen LogP contribution in [0.1, 0.15) is 29.5 Å². The Kier molecular flexibility index (Phi) is 5.27. The van der Waals surface area contributed by atoms with Gasteiger partial charge in [-0.05, 0) is 43.0 Å². The molecule has 3 aromatic rings. The Morgan fingerprint density at radius 1 is 1.10 bits per heavy atom. The summed E-state index contributed by atoms with van der Waals surface area (Å²) in [6, 6.07) is 13.2. The summed E-state index contributed by atoms with van der Waals surface area (Å²) in [5.41, 5.74) is 6.52. The lowest BCUT2D eigenvalue weighted by molar-refractivity contribution is -0.122. The molecule has 1 aliphatic heterocycles. The van der Waals surface area contributed by atoms with Gasteiger partial charge in [0.25, 0.3) is 5.91 Å². The summed E-state index contributed by atoms with van der Waals surface area (Å²) in [4.78, 5) is 38.6. The normalized spacial score (nSPS) is 15.9. The van der Waals surface area contributed by atoms with Crippen molar-refractivity contribution in [3.8, 4) is 11.3 Å². The van der Waals surface area contributed by atoms with Crippen molar-refractivity contribution in [3.63, 3.8) is 0 Å². The van der Waals surface area contributed by atoms with Crippen LogP contribution in [-0.2, 0) is 16.1 Å². The average Bonchev–Trinajstić information content (AvgIpc) is 3.23. The molecule has 1 aliphatic rings. The van der Waals surface area contributed by atoms with E-state index in [1.54, 1.807) is 0 Å². The van der Waals surface area contributed by atoms with Crippen molar-refractivity contribution in [2.75, 3.05) is 0 Å². The number of rotatable bonds is 6. The highest BCUT2D eigenvalue weighted by molar-refractivity contribution is 6.04. The van der Waals surface area contributed by atoms with Crippen LogP contribution in [0.2, 0.25) is 0 Å². The summed E-state index contributed by atoms with van der Waals surface area (Å²) in [5.74, 6) is -0.548. The largest absolute Gasteiger partial charge is 0.354 e. The highest BCUT2D eigenvalue weighted by Crippen LogP contribution is 2.32. The molecule has 1 saturated heterocycles. The molecule has 7 nitrogen and oxygen atoms in total. The van der Waals surface area contributed by atoms with Gasteiger partial charge in [-0.25, -0.2) is 4.79 Å². The van der Waals surface area contributed by atoms with Gasteiger partial charge in [-0.15, -0.1) is 0 Å². The molecule has 154 valence electrons. The first-order valence-corrected chi connectivity index (χ1v) is 9.97. The Morgan fingerprint density at radius 3 is 2.57 bits per heavy atom. The van der Waals surface area contributed by atoms with Gasteiger partial charge in [-0.1, -0.05) is 42.0 Å². The summed E-state index contributed by atoms with van der Waals surface area (Å²) >= 11 is 0. The predicted octanol–water partition coefficient (Wildman–Crippen LogP) is 3.06. The first kappa shape index (κ1) is 19.7. The van der Waals surface area contributed by atoms with E-state index in [9.17, 15) is 14.4 Å². The topological polar surface area (TPSA) is 103 Å². The number of H-pyrrole nitrogens is 1. The number of aromatic nitrogens is 1. The first-order valence-electron chi connectivity index (χ1n) is 9.97. The molecular weight excluding hydrogens is 380 g/mol. The van der Waals surface area contributed by atoms with Gasteiger partial charge >= 0.3 is 6.03 Å². The van der Waals surface area contributed by atoms with Crippen molar-refractivity contribution in [1.29, 1.82) is 0 Å². The molecule has 1 atom stereocenters. The molecule has 0 radical (unpaired) electrons. The highest BCUT2D eigenvalue weighted by Gasteiger charge is 2.29. The van der Waals surface area contributed by atoms with Crippen molar-refractivity contribution in [1.82, 2.24) is 20.9 Å². The molecule has 1 unspecified atom stereocenters. The van der Waals surface area contributed by atoms with E-state index in [4.69, 9.17) is 0 Å². The van der Waals surface area contributed by atoms with E-state index in [-0.39, 0.29) is 24.7 Å². The lowest BCUT2D eigenvalue weighted by Crippen LogP contribution is -2.31. The molecule has 0 aliphatic carbocycles. The molecular formula is C23H24N4O3. The molecule has 0 spiro atoms. The fourth-order valence-corrected chi connectivity index (χ4v) is 3.91. The second kappa shape index (κ2) is 8.02. The molecule has 1 aromatic heterocycles. The molecule has 4 amide bonds. The second-order valence-electron chi connectivity index (χ2n) is 7.67. The number of hydrogen-bond donors (Lipinski definition) is 4. The number of fused-ring (bicyclic) bond motifs is 1. The van der Waals surface area contributed by atoms with Crippen LogP contribution in [0.15, 0.2) is 42.5 Å².